The Morgan fingerprint density at radius 1 is 1.25 bits per heavy atom. The average molecular weight is 145 g/mol. The Labute approximate surface area is 56.6 Å². The van der Waals surface area contributed by atoms with Gasteiger partial charge >= 0.3 is 0 Å². The Balaban J connectivity index is 2.58. The van der Waals surface area contributed by atoms with E-state index in [0.29, 0.717) is 0 Å². The van der Waals surface area contributed by atoms with E-state index in [1.807, 2.05) is 12.2 Å². The third-order valence-electron chi connectivity index (χ3n) is 0.776. The summed E-state index contributed by atoms with van der Waals surface area (Å²) in [5, 5.41) is 9.33. The second-order valence-electron chi connectivity index (χ2n) is 1.30. The molecule has 0 N–H and O–H groups in total. The minimum atomic E-state index is -0.299. The molecule has 2 heteroatoms. The molecule has 0 spiro atoms. The zero-order valence-corrected chi connectivity index (χ0v) is 5.78. The van der Waals surface area contributed by atoms with E-state index in [1.165, 1.54) is 0 Å². The molecule has 0 aromatic carbocycles. The van der Waals surface area contributed by atoms with Crippen LogP contribution >= 0.6 is 22.5 Å². The molecule has 0 fully saturated rings. The average Bonchev–Trinajstić information content (AvgIpc) is 2.19. The summed E-state index contributed by atoms with van der Waals surface area (Å²) in [5.41, 5.74) is 0. The van der Waals surface area contributed by atoms with Crippen molar-refractivity contribution < 1.29 is 0 Å². The first-order valence-corrected chi connectivity index (χ1v) is 4.04. The van der Waals surface area contributed by atoms with Gasteiger partial charge in [0, 0.05) is 5.38 Å². The molecule has 0 amide bonds. The summed E-state index contributed by atoms with van der Waals surface area (Å²) in [6.07, 6.45) is 3.99. The fourth-order valence-corrected chi connectivity index (χ4v) is 1.67. The van der Waals surface area contributed by atoms with Crippen molar-refractivity contribution >= 4 is 22.5 Å². The van der Waals surface area contributed by atoms with Crippen molar-refractivity contribution in [3.8, 4) is 10.6 Å². The van der Waals surface area contributed by atoms with E-state index in [1.54, 1.807) is 0 Å². The van der Waals surface area contributed by atoms with Gasteiger partial charge in [0.15, 0.2) is 0 Å². The van der Waals surface area contributed by atoms with Crippen molar-refractivity contribution in [1.82, 2.24) is 0 Å². The SMILES string of the molecule is ClC#C[SH]1C=CC=C1. The van der Waals surface area contributed by atoms with Crippen molar-refractivity contribution in [1.29, 1.82) is 0 Å². The van der Waals surface area contributed by atoms with Crippen molar-refractivity contribution in [3.63, 3.8) is 0 Å². The molecule has 42 valence electrons. The van der Waals surface area contributed by atoms with E-state index in [0.717, 1.165) is 0 Å². The number of hydrogen-bond donors (Lipinski definition) is 1. The maximum atomic E-state index is 5.17. The van der Waals surface area contributed by atoms with Crippen LogP contribution in [-0.4, -0.2) is 0 Å². The Morgan fingerprint density at radius 3 is 2.38 bits per heavy atom. The van der Waals surface area contributed by atoms with Crippen LogP contribution in [0.25, 0.3) is 0 Å². The first-order chi connectivity index (χ1) is 3.93. The highest BCUT2D eigenvalue weighted by molar-refractivity contribution is 8.26. The van der Waals surface area contributed by atoms with Gasteiger partial charge in [-0.1, -0.05) is 12.2 Å². The third kappa shape index (κ3) is 1.33. The van der Waals surface area contributed by atoms with Gasteiger partial charge in [-0.15, -0.1) is 10.9 Å². The molecular weight excluding hydrogens is 140 g/mol. The lowest BCUT2D eigenvalue weighted by molar-refractivity contribution is 2.15. The summed E-state index contributed by atoms with van der Waals surface area (Å²) in [7, 11) is -0.299. The highest BCUT2D eigenvalue weighted by Gasteiger charge is 1.89. The lowest BCUT2D eigenvalue weighted by Crippen LogP contribution is -1.52. The molecule has 1 aliphatic heterocycles. The molecule has 0 radical (unpaired) electrons. The van der Waals surface area contributed by atoms with Crippen LogP contribution in [0.2, 0.25) is 0 Å². The molecule has 1 aliphatic rings. The minimum Gasteiger partial charge on any atom is -0.147 e. The molecule has 0 saturated heterocycles. The number of allylic oxidation sites excluding steroid dienone is 2. The molecule has 1 heterocycles. The van der Waals surface area contributed by atoms with Gasteiger partial charge < -0.3 is 0 Å². The van der Waals surface area contributed by atoms with E-state index in [2.05, 4.69) is 21.4 Å². The Kier molecular flexibility index (Phi) is 2.08. The van der Waals surface area contributed by atoms with Crippen LogP contribution in [0.5, 0.6) is 0 Å². The molecule has 0 aromatic heterocycles. The molecule has 0 atom stereocenters. The molecule has 0 saturated carbocycles. The Bertz CT molecular complexity index is 170. The standard InChI is InChI=1S/C6H5ClS/c7-3-6-8-4-1-2-5-8/h1-2,4-5,8H. The Morgan fingerprint density at radius 2 is 1.88 bits per heavy atom. The molecule has 0 aliphatic carbocycles. The van der Waals surface area contributed by atoms with Crippen LogP contribution in [0.4, 0.5) is 0 Å². The first-order valence-electron chi connectivity index (χ1n) is 2.18. The predicted octanol–water partition coefficient (Wildman–Crippen LogP) is 2.19. The van der Waals surface area contributed by atoms with Gasteiger partial charge in [-0.05, 0) is 27.7 Å². The molecule has 1 rings (SSSR count). The summed E-state index contributed by atoms with van der Waals surface area (Å²) in [6, 6.07) is 0. The molecule has 0 aromatic rings. The van der Waals surface area contributed by atoms with Gasteiger partial charge in [-0.2, -0.15) is 0 Å². The quantitative estimate of drug-likeness (QED) is 0.391. The highest BCUT2D eigenvalue weighted by Crippen LogP contribution is 2.30. The lowest BCUT2D eigenvalue weighted by Gasteiger charge is -1.92. The maximum absolute atomic E-state index is 5.17. The van der Waals surface area contributed by atoms with Gasteiger partial charge in [-0.25, -0.2) is 0 Å². The predicted molar refractivity (Wildman–Crippen MR) is 40.9 cm³/mol. The molecule has 0 bridgehead atoms. The minimum absolute atomic E-state index is 0.299. The zero-order chi connectivity index (χ0) is 5.82. The fraction of sp³-hybridized carbons (Fsp3) is 0. The lowest BCUT2D eigenvalue weighted by atomic mass is 10.6. The summed E-state index contributed by atoms with van der Waals surface area (Å²) < 4.78 is 0. The second-order valence-corrected chi connectivity index (χ2v) is 3.12. The van der Waals surface area contributed by atoms with Gasteiger partial charge in [0.25, 0.3) is 0 Å². The fourth-order valence-electron chi connectivity index (χ4n) is 0.458. The summed E-state index contributed by atoms with van der Waals surface area (Å²) >= 11 is 5.17. The number of thiol groups is 1. The van der Waals surface area contributed by atoms with Crippen LogP contribution in [0.15, 0.2) is 23.0 Å². The molecule has 8 heavy (non-hydrogen) atoms. The first kappa shape index (κ1) is 5.81. The van der Waals surface area contributed by atoms with E-state index < -0.39 is 0 Å². The number of rotatable bonds is 0. The monoisotopic (exact) mass is 144 g/mol. The van der Waals surface area contributed by atoms with E-state index in [9.17, 15) is 0 Å². The summed E-state index contributed by atoms with van der Waals surface area (Å²) in [5.74, 6) is 0. The van der Waals surface area contributed by atoms with Crippen LogP contribution in [0.3, 0.4) is 0 Å². The molecule has 0 nitrogen and oxygen atoms in total. The van der Waals surface area contributed by atoms with E-state index in [-0.39, 0.29) is 10.9 Å². The van der Waals surface area contributed by atoms with Crippen molar-refractivity contribution in [2.24, 2.45) is 0 Å². The van der Waals surface area contributed by atoms with Gasteiger partial charge in [-0.3, -0.25) is 0 Å². The van der Waals surface area contributed by atoms with E-state index in [4.69, 9.17) is 11.6 Å². The smallest absolute Gasteiger partial charge is 0.0150 e. The zero-order valence-electron chi connectivity index (χ0n) is 4.13. The third-order valence-corrected chi connectivity index (χ3v) is 2.36. The summed E-state index contributed by atoms with van der Waals surface area (Å²) in [4.78, 5) is 0. The van der Waals surface area contributed by atoms with Crippen LogP contribution in [0.1, 0.15) is 0 Å². The van der Waals surface area contributed by atoms with Gasteiger partial charge in [0.05, 0.1) is 0 Å². The van der Waals surface area contributed by atoms with Crippen molar-refractivity contribution in [3.05, 3.63) is 23.0 Å². The second kappa shape index (κ2) is 2.86. The topological polar surface area (TPSA) is 0 Å². The van der Waals surface area contributed by atoms with Crippen molar-refractivity contribution in [2.75, 3.05) is 0 Å². The van der Waals surface area contributed by atoms with Gasteiger partial charge in [0.2, 0.25) is 0 Å². The van der Waals surface area contributed by atoms with Crippen molar-refractivity contribution in [2.45, 2.75) is 0 Å². The van der Waals surface area contributed by atoms with Crippen LogP contribution < -0.4 is 0 Å². The molecule has 0 unspecified atom stereocenters. The van der Waals surface area contributed by atoms with Crippen LogP contribution in [0, 0.1) is 10.6 Å². The Hall–Kier alpha value is -0.320. The normalized spacial score (nSPS) is 18.4. The van der Waals surface area contributed by atoms with Crippen LogP contribution in [-0.2, 0) is 0 Å². The molecular formula is C6H5ClS. The number of hydrogen-bond acceptors (Lipinski definition) is 0. The summed E-state index contributed by atoms with van der Waals surface area (Å²) in [6.45, 7) is 0. The highest BCUT2D eigenvalue weighted by atomic mass is 35.5. The van der Waals surface area contributed by atoms with E-state index >= 15 is 0 Å². The number of halogens is 1. The van der Waals surface area contributed by atoms with Gasteiger partial charge in [0.1, 0.15) is 0 Å². The largest absolute Gasteiger partial charge is 0.147 e. The maximum Gasteiger partial charge on any atom is 0.0150 e.